The number of nitrogens with zero attached hydrogens (tertiary/aromatic N) is 3. The van der Waals surface area contributed by atoms with Gasteiger partial charge in [0, 0.05) is 11.1 Å². The number of allylic oxidation sites excluding steroid dienone is 2. The first-order valence-corrected chi connectivity index (χ1v) is 14.1. The van der Waals surface area contributed by atoms with Gasteiger partial charge in [0.05, 0.1) is 0 Å². The third-order valence-electron chi connectivity index (χ3n) is 8.22. The van der Waals surface area contributed by atoms with E-state index in [-0.39, 0.29) is 16.7 Å². The van der Waals surface area contributed by atoms with Gasteiger partial charge in [0.15, 0.2) is 14.8 Å². The highest BCUT2D eigenvalue weighted by Crippen LogP contribution is 2.66. The summed E-state index contributed by atoms with van der Waals surface area (Å²) in [6.07, 6.45) is 0. The average molecular weight is 596 g/mol. The average Bonchev–Trinajstić information content (AvgIpc) is 3.39. The Morgan fingerprint density at radius 2 is 0.667 bits per heavy atom. The Labute approximate surface area is 257 Å². The minimum Gasteiger partial charge on any atom is -0.253 e. The van der Waals surface area contributed by atoms with Crippen LogP contribution in [0.2, 0.25) is 0 Å². The molecule has 0 unspecified atom stereocenters. The van der Waals surface area contributed by atoms with Crippen LogP contribution in [0.25, 0.3) is 22.3 Å². The molecule has 0 amide bonds. The first-order chi connectivity index (χ1) is 21.9. The van der Waals surface area contributed by atoms with E-state index in [0.717, 1.165) is 0 Å². The summed E-state index contributed by atoms with van der Waals surface area (Å²) in [6, 6.07) is 42.8. The van der Waals surface area contributed by atoms with Gasteiger partial charge in [-0.25, -0.2) is 0 Å². The van der Waals surface area contributed by atoms with Gasteiger partial charge < -0.3 is 0 Å². The van der Waals surface area contributed by atoms with Crippen LogP contribution in [0, 0.1) is 30.3 Å². The molecule has 0 heterocycles. The molecule has 0 saturated heterocycles. The van der Waals surface area contributed by atoms with Crippen LogP contribution in [-0.4, -0.2) is 20.6 Å². The summed E-state index contributed by atoms with van der Waals surface area (Å²) in [6.45, 7) is 0. The lowest BCUT2D eigenvalue weighted by Gasteiger charge is -2.34. The molecule has 5 aromatic rings. The molecular formula is C36H25N3O6. The van der Waals surface area contributed by atoms with E-state index in [2.05, 4.69) is 0 Å². The zero-order valence-corrected chi connectivity index (χ0v) is 23.7. The Morgan fingerprint density at radius 3 is 0.956 bits per heavy atom. The predicted molar refractivity (Wildman–Crippen MR) is 171 cm³/mol. The molecule has 1 aliphatic rings. The Hall–Kier alpha value is -6.22. The summed E-state index contributed by atoms with van der Waals surface area (Å²) in [4.78, 5) is 36.1. The molecule has 0 saturated carbocycles. The number of rotatable bonds is 9. The van der Waals surface area contributed by atoms with Crippen LogP contribution in [-0.2, 0) is 5.41 Å². The van der Waals surface area contributed by atoms with Crippen molar-refractivity contribution in [3.8, 4) is 0 Å². The third-order valence-corrected chi connectivity index (χ3v) is 8.22. The molecule has 0 atom stereocenters. The molecular weight excluding hydrogens is 570 g/mol. The fourth-order valence-electron chi connectivity index (χ4n) is 6.58. The molecule has 9 nitrogen and oxygen atoms in total. The van der Waals surface area contributed by atoms with Crippen LogP contribution in [0.4, 0.5) is 0 Å². The summed E-state index contributed by atoms with van der Waals surface area (Å²) in [5.74, 6) is -4.00. The summed E-state index contributed by atoms with van der Waals surface area (Å²) in [5.41, 5.74) is 0.388. The van der Waals surface area contributed by atoms with Crippen molar-refractivity contribution in [2.24, 2.45) is 0 Å². The molecule has 5 aromatic carbocycles. The van der Waals surface area contributed by atoms with Gasteiger partial charge in [-0.15, -0.1) is 0 Å². The second-order valence-corrected chi connectivity index (χ2v) is 10.5. The van der Waals surface area contributed by atoms with Crippen molar-refractivity contribution in [2.75, 3.05) is 0 Å². The molecule has 0 fully saturated rings. The lowest BCUT2D eigenvalue weighted by molar-refractivity contribution is -0.975. The van der Waals surface area contributed by atoms with Crippen LogP contribution in [0.15, 0.2) is 152 Å². The van der Waals surface area contributed by atoms with Gasteiger partial charge in [-0.2, -0.15) is 0 Å². The second kappa shape index (κ2) is 11.5. The van der Waals surface area contributed by atoms with E-state index in [0.29, 0.717) is 33.4 Å². The molecule has 0 radical (unpaired) electrons. The molecule has 0 spiro atoms. The van der Waals surface area contributed by atoms with Crippen LogP contribution >= 0.6 is 0 Å². The van der Waals surface area contributed by atoms with Crippen LogP contribution in [0.1, 0.15) is 27.8 Å². The third kappa shape index (κ3) is 4.24. The molecule has 9 heteroatoms. The minimum absolute atomic E-state index is 0.0344. The van der Waals surface area contributed by atoms with E-state index >= 15 is 0 Å². The zero-order valence-electron chi connectivity index (χ0n) is 23.7. The van der Waals surface area contributed by atoms with Crippen molar-refractivity contribution >= 4 is 22.3 Å². The molecule has 45 heavy (non-hydrogen) atoms. The molecule has 220 valence electrons. The lowest BCUT2D eigenvalue weighted by Crippen LogP contribution is -2.67. The van der Waals surface area contributed by atoms with Crippen LogP contribution in [0.3, 0.4) is 0 Å². The molecule has 1 aliphatic carbocycles. The number of benzene rings is 5. The van der Waals surface area contributed by atoms with Crippen LogP contribution < -0.4 is 0 Å². The van der Waals surface area contributed by atoms with Crippen molar-refractivity contribution in [1.29, 1.82) is 0 Å². The molecule has 0 N–H and O–H groups in total. The maximum atomic E-state index is 13.4. The van der Waals surface area contributed by atoms with E-state index in [1.165, 1.54) is 12.1 Å². The number of hydrogen-bond donors (Lipinski definition) is 0. The number of hydrogen-bond acceptors (Lipinski definition) is 6. The Kier molecular flexibility index (Phi) is 7.35. The summed E-state index contributed by atoms with van der Waals surface area (Å²) >= 11 is 0. The van der Waals surface area contributed by atoms with Crippen molar-refractivity contribution < 1.29 is 14.8 Å². The standard InChI is InChI=1S/C36H25N3O6/c40-37(41)36(38(42)43,39(44)45)35(30-24-14-5-15-25-30)33(28-20-10-3-11-21-28)31(26-16-6-1-7-17-26)32(27-18-8-2-9-19-27)34(35)29-22-12-4-13-23-29/h1-25H. The van der Waals surface area contributed by atoms with E-state index < -0.39 is 26.0 Å². The molecule has 0 aliphatic heterocycles. The van der Waals surface area contributed by atoms with Crippen LogP contribution in [0.5, 0.6) is 0 Å². The van der Waals surface area contributed by atoms with Gasteiger partial charge in [-0.05, 0) is 39.0 Å². The summed E-state index contributed by atoms with van der Waals surface area (Å²) in [5, 5.41) is 40.2. The van der Waals surface area contributed by atoms with Gasteiger partial charge in [0.1, 0.15) is 0 Å². The molecule has 0 aromatic heterocycles. The SMILES string of the molecule is O=[N+]([O-])C([N+](=O)[O-])([N+](=O)[O-])C1(c2ccccc2)C(c2ccccc2)=C(c2ccccc2)C(c2ccccc2)=C1c1ccccc1. The van der Waals surface area contributed by atoms with Gasteiger partial charge in [-0.3, -0.25) is 30.3 Å². The maximum Gasteiger partial charge on any atom is 0.717 e. The Balaban J connectivity index is 2.03. The largest absolute Gasteiger partial charge is 0.717 e. The van der Waals surface area contributed by atoms with Gasteiger partial charge in [0.2, 0.25) is 0 Å². The molecule has 6 rings (SSSR count). The predicted octanol–water partition coefficient (Wildman–Crippen LogP) is 7.64. The highest BCUT2D eigenvalue weighted by atomic mass is 16.7. The molecule has 0 bridgehead atoms. The van der Waals surface area contributed by atoms with Crippen molar-refractivity contribution in [1.82, 2.24) is 0 Å². The highest BCUT2D eigenvalue weighted by molar-refractivity contribution is 6.31. The summed E-state index contributed by atoms with van der Waals surface area (Å²) < 4.78 is 0. The topological polar surface area (TPSA) is 129 Å². The van der Waals surface area contributed by atoms with Crippen molar-refractivity contribution in [3.05, 3.63) is 210 Å². The zero-order chi connectivity index (χ0) is 31.6. The highest BCUT2D eigenvalue weighted by Gasteiger charge is 2.89. The fourth-order valence-corrected chi connectivity index (χ4v) is 6.58. The smallest absolute Gasteiger partial charge is 0.253 e. The normalized spacial score (nSPS) is 14.3. The second-order valence-electron chi connectivity index (χ2n) is 10.5. The monoisotopic (exact) mass is 595 g/mol. The van der Waals surface area contributed by atoms with Gasteiger partial charge >= 0.3 is 5.79 Å². The van der Waals surface area contributed by atoms with Gasteiger partial charge in [0.25, 0.3) is 5.41 Å². The van der Waals surface area contributed by atoms with E-state index in [1.54, 1.807) is 127 Å². The lowest BCUT2D eigenvalue weighted by atomic mass is 9.62. The first kappa shape index (κ1) is 28.9. The van der Waals surface area contributed by atoms with Crippen molar-refractivity contribution in [3.63, 3.8) is 0 Å². The van der Waals surface area contributed by atoms with E-state index in [1.807, 2.05) is 12.1 Å². The van der Waals surface area contributed by atoms with Gasteiger partial charge in [-0.1, -0.05) is 152 Å². The fraction of sp³-hybridized carbons (Fsp3) is 0.0556. The quantitative estimate of drug-likeness (QED) is 0.0978. The summed E-state index contributed by atoms with van der Waals surface area (Å²) in [7, 11) is 0. The minimum atomic E-state index is -4.00. The first-order valence-electron chi connectivity index (χ1n) is 14.1. The Bertz CT molecular complexity index is 1830. The van der Waals surface area contributed by atoms with E-state index in [9.17, 15) is 30.3 Å². The van der Waals surface area contributed by atoms with E-state index in [4.69, 9.17) is 0 Å². The van der Waals surface area contributed by atoms with Crippen molar-refractivity contribution in [2.45, 2.75) is 11.2 Å². The number of nitro groups is 3. The Morgan fingerprint density at radius 1 is 0.400 bits per heavy atom. The maximum absolute atomic E-state index is 13.4.